The number of likely N-dealkylation sites (N-methyl/N-ethyl adjacent to an activating group) is 2. The van der Waals surface area contributed by atoms with Gasteiger partial charge in [0, 0.05) is 54.3 Å². The number of aliphatic hydroxyl groups excluding tert-OH is 3. The Morgan fingerprint density at radius 1 is 0.414 bits per heavy atom. The molecular formula is C78H110N18O18S2. The molecule has 0 bridgehead atoms. The van der Waals surface area contributed by atoms with E-state index in [4.69, 9.17) is 17.2 Å². The van der Waals surface area contributed by atoms with Gasteiger partial charge in [0.2, 0.25) is 88.1 Å². The minimum absolute atomic E-state index is 0.0280. The number of nitrogens with one attached hydrogen (secondary N) is 15. The third-order valence-electron chi connectivity index (χ3n) is 18.8. The topological polar surface area (TPSA) is 579 Å². The average Bonchev–Trinajstić information content (AvgIpc) is 1.54. The van der Waals surface area contributed by atoms with Crippen molar-refractivity contribution in [2.75, 3.05) is 51.8 Å². The standard InChI is InChI=1S/C78H110N18O18S2/c1-43(96-85-39-62(100)66(102)60(41-115)82-4)69(105)86-52(29-17-19-31-79)70(106)91-58(37-63(81)101)75(111)89-54(33-46-21-9-6-10-22-46)72(108)88-55(34-47-23-11-7-12-24-47)73(109)90-57(36-49-38-84-51-28-16-15-27-50(49)51)74(110)87-53(30-18-20-32-80)71(107)94-64(44(2)98)77(113)92-56(35-48-25-13-8-14-26-48)76(112)95-65(45(3)99)78(114)93-59(40-97)67(103)68(104)61(42-116)83-5/h6-16,21-28,38,43-45,52-61,64-65,82-85,96-99,115-116H,17-20,29-37,39-42,79-80H2,1-5H3,(H2,81,101)(H,86,105)(H,87,110)(H,88,108)(H,89,111)(H,90,109)(H,91,106)(H,92,113)(H,93,114)(H,94,107)(H,95,112)/t43-,44+,45+,52?,53-,54?,55-,56-,57?,58-,59-,60-,61-,64-,65-/m0/s1. The number of H-pyrrole nitrogens is 1. The number of aliphatic hydroxyl groups is 3. The lowest BCUT2D eigenvalue weighted by Gasteiger charge is -2.29. The van der Waals surface area contributed by atoms with E-state index < -0.39 is 198 Å². The van der Waals surface area contributed by atoms with Gasteiger partial charge in [0.1, 0.15) is 60.4 Å². The zero-order chi connectivity index (χ0) is 85.6. The largest absolute Gasteiger partial charge is 0.394 e. The number of hydrazine groups is 1. The summed E-state index contributed by atoms with van der Waals surface area (Å²) in [5.41, 5.74) is 25.1. The van der Waals surface area contributed by atoms with Gasteiger partial charge in [-0.25, -0.2) is 10.9 Å². The maximum Gasteiger partial charge on any atom is 0.245 e. The van der Waals surface area contributed by atoms with Crippen molar-refractivity contribution in [3.05, 3.63) is 144 Å². The van der Waals surface area contributed by atoms with Gasteiger partial charge < -0.3 is 101 Å². The first-order chi connectivity index (χ1) is 55.4. The van der Waals surface area contributed by atoms with E-state index >= 15 is 14.4 Å². The Morgan fingerprint density at radius 2 is 0.767 bits per heavy atom. The van der Waals surface area contributed by atoms with Crippen LogP contribution in [-0.2, 0) is 97.6 Å². The van der Waals surface area contributed by atoms with Crippen LogP contribution < -0.4 is 91.9 Å². The van der Waals surface area contributed by atoms with Gasteiger partial charge in [0.25, 0.3) is 0 Å². The summed E-state index contributed by atoms with van der Waals surface area (Å²) in [5.74, 6) is -15.2. The Balaban J connectivity index is 1.46. The van der Waals surface area contributed by atoms with Crippen molar-refractivity contribution in [1.29, 1.82) is 0 Å². The lowest BCUT2D eigenvalue weighted by Crippen LogP contribution is -2.63. The Hall–Kier alpha value is -10.4. The van der Waals surface area contributed by atoms with Crippen LogP contribution in [-0.4, -0.2) is 251 Å². The van der Waals surface area contributed by atoms with Gasteiger partial charge >= 0.3 is 0 Å². The summed E-state index contributed by atoms with van der Waals surface area (Å²) in [7, 11) is 2.88. The fourth-order valence-corrected chi connectivity index (χ4v) is 12.8. The molecule has 36 nitrogen and oxygen atoms in total. The SMILES string of the molecule is CN[C@@H](CS)C(=O)C(=O)CNN[C@@H](C)C(=O)NC(CCCCN)C(=O)N[C@@H](CC(N)=O)C(=O)NC(Cc1ccccc1)C(=O)N[C@@H](Cc1ccccc1)C(=O)NC(Cc1c[nH]c2ccccc12)C(=O)N[C@@H](CCCCN)C(=O)N[C@H](C(=O)N[C@@H](Cc1ccccc1)C(=O)N[C@H](C(=O)N[C@@H](CO)C(=O)C(=O)[C@H](CS)NC)[C@@H](C)O)[C@@H](C)O. The van der Waals surface area contributed by atoms with E-state index in [1.54, 1.807) is 121 Å². The maximum absolute atomic E-state index is 15.4. The molecule has 3 unspecified atom stereocenters. The number of rotatable bonds is 54. The predicted molar refractivity (Wildman–Crippen MR) is 436 cm³/mol. The van der Waals surface area contributed by atoms with Crippen molar-refractivity contribution in [1.82, 2.24) is 79.6 Å². The second kappa shape index (κ2) is 50.2. The number of carbonyl (C=O) groups excluding carboxylic acids is 15. The van der Waals surface area contributed by atoms with Gasteiger partial charge in [-0.05, 0) is 115 Å². The number of aromatic nitrogens is 1. The van der Waals surface area contributed by atoms with E-state index in [0.29, 0.717) is 52.4 Å². The molecule has 0 saturated heterocycles. The molecule has 0 aliphatic heterocycles. The predicted octanol–water partition coefficient (Wildman–Crippen LogP) is -5.03. The number of carbonyl (C=O) groups is 15. The van der Waals surface area contributed by atoms with Gasteiger partial charge in [-0.15, -0.1) is 0 Å². The summed E-state index contributed by atoms with van der Waals surface area (Å²) < 4.78 is 0. The highest BCUT2D eigenvalue weighted by molar-refractivity contribution is 7.80. The van der Waals surface area contributed by atoms with Crippen LogP contribution in [0.3, 0.4) is 0 Å². The molecule has 15 atom stereocenters. The molecule has 5 rings (SSSR count). The molecule has 0 aliphatic rings. The number of unbranched alkanes of at least 4 members (excludes halogenated alkanes) is 2. The molecule has 116 heavy (non-hydrogen) atoms. The summed E-state index contributed by atoms with van der Waals surface area (Å²) in [6.07, 6.45) is -2.73. The number of hydrogen-bond donors (Lipinski definition) is 23. The van der Waals surface area contributed by atoms with Gasteiger partial charge in [0.05, 0.1) is 49.9 Å². The third kappa shape index (κ3) is 31.0. The first kappa shape index (κ1) is 96.2. The summed E-state index contributed by atoms with van der Waals surface area (Å²) in [6, 6.07) is 12.1. The number of benzene rings is 4. The molecule has 4 aromatic carbocycles. The summed E-state index contributed by atoms with van der Waals surface area (Å²) in [4.78, 5) is 213. The molecular weight excluding hydrogens is 1540 g/mol. The van der Waals surface area contributed by atoms with E-state index in [1.807, 2.05) is 0 Å². The highest BCUT2D eigenvalue weighted by atomic mass is 32.1. The molecule has 1 aromatic heterocycles. The van der Waals surface area contributed by atoms with Gasteiger partial charge in [-0.3, -0.25) is 71.9 Å². The Kier molecular flexibility index (Phi) is 41.6. The molecule has 1 heterocycles. The Bertz CT molecular complexity index is 4100. The molecule has 11 amide bonds. The van der Waals surface area contributed by atoms with E-state index in [9.17, 15) is 72.9 Å². The number of fused-ring (bicyclic) bond motifs is 1. The Labute approximate surface area is 682 Å². The van der Waals surface area contributed by atoms with Crippen LogP contribution in [0.2, 0.25) is 0 Å². The molecule has 5 aromatic rings. The number of primary amides is 1. The zero-order valence-corrected chi connectivity index (χ0v) is 67.1. The first-order valence-electron chi connectivity index (χ1n) is 38.0. The number of hydrogen-bond acceptors (Lipinski definition) is 26. The molecule has 38 heteroatoms. The number of nitrogens with two attached hydrogens (primary N) is 3. The van der Waals surface area contributed by atoms with Crippen molar-refractivity contribution >= 4 is 124 Å². The monoisotopic (exact) mass is 1650 g/mol. The van der Waals surface area contributed by atoms with Crippen molar-refractivity contribution in [3.63, 3.8) is 0 Å². The number of ketones is 4. The van der Waals surface area contributed by atoms with Crippen LogP contribution in [0.5, 0.6) is 0 Å². The fraction of sp³-hybridized carbons (Fsp3) is 0.474. The minimum atomic E-state index is -1.90. The van der Waals surface area contributed by atoms with E-state index in [1.165, 1.54) is 21.0 Å². The van der Waals surface area contributed by atoms with Crippen molar-refractivity contribution < 1.29 is 87.2 Å². The van der Waals surface area contributed by atoms with Crippen molar-refractivity contribution in [2.24, 2.45) is 17.2 Å². The smallest absolute Gasteiger partial charge is 0.245 e. The number of para-hydroxylation sites is 1. The van der Waals surface area contributed by atoms with Crippen LogP contribution in [0, 0.1) is 0 Å². The maximum atomic E-state index is 15.4. The molecule has 24 N–H and O–H groups in total. The zero-order valence-electron chi connectivity index (χ0n) is 65.3. The summed E-state index contributed by atoms with van der Waals surface area (Å²) in [5, 5.41) is 63.7. The lowest BCUT2D eigenvalue weighted by atomic mass is 10.00. The normalized spacial score (nSPS) is 15.1. The van der Waals surface area contributed by atoms with Crippen molar-refractivity contribution in [2.45, 2.75) is 182 Å². The fourth-order valence-electron chi connectivity index (χ4n) is 12.1. The van der Waals surface area contributed by atoms with Crippen LogP contribution in [0.1, 0.15) is 88.0 Å². The van der Waals surface area contributed by atoms with E-state index in [0.717, 1.165) is 13.8 Å². The first-order valence-corrected chi connectivity index (χ1v) is 39.2. The number of amides is 11. The molecule has 0 radical (unpaired) electrons. The second-order valence-electron chi connectivity index (χ2n) is 27.8. The van der Waals surface area contributed by atoms with E-state index in [2.05, 4.69) is 105 Å². The number of aromatic amines is 1. The summed E-state index contributed by atoms with van der Waals surface area (Å²) in [6.45, 7) is 2.45. The Morgan fingerprint density at radius 3 is 1.19 bits per heavy atom. The second-order valence-corrected chi connectivity index (χ2v) is 28.5. The highest BCUT2D eigenvalue weighted by Crippen LogP contribution is 2.21. The van der Waals surface area contributed by atoms with Gasteiger partial charge in [-0.1, -0.05) is 109 Å². The van der Waals surface area contributed by atoms with Gasteiger partial charge in [0.15, 0.2) is 0 Å². The highest BCUT2D eigenvalue weighted by Gasteiger charge is 2.40. The molecule has 0 spiro atoms. The number of Topliss-reactive ketones (excluding diaryl/α,β-unsaturated/α-hetero) is 4. The van der Waals surface area contributed by atoms with Crippen LogP contribution >= 0.6 is 25.3 Å². The minimum Gasteiger partial charge on any atom is -0.394 e. The molecule has 0 saturated carbocycles. The average molecular weight is 1650 g/mol. The lowest BCUT2D eigenvalue weighted by molar-refractivity contribution is -0.141. The van der Waals surface area contributed by atoms with E-state index in [-0.39, 0.29) is 69.5 Å². The van der Waals surface area contributed by atoms with Crippen LogP contribution in [0.15, 0.2) is 121 Å². The summed E-state index contributed by atoms with van der Waals surface area (Å²) >= 11 is 8.14. The quantitative estimate of drug-likeness (QED) is 0.00750. The molecule has 0 fully saturated rings. The third-order valence-corrected chi connectivity index (χ3v) is 19.5. The molecule has 632 valence electrons. The van der Waals surface area contributed by atoms with Crippen molar-refractivity contribution in [3.8, 4) is 0 Å². The van der Waals surface area contributed by atoms with Gasteiger partial charge in [-0.2, -0.15) is 25.3 Å². The van der Waals surface area contributed by atoms with Crippen LogP contribution in [0.25, 0.3) is 10.9 Å². The van der Waals surface area contributed by atoms with Crippen LogP contribution in [0.4, 0.5) is 0 Å². The number of thiol groups is 2. The molecule has 0 aliphatic carbocycles.